The first kappa shape index (κ1) is 12.0. The summed E-state index contributed by atoms with van der Waals surface area (Å²) in [6, 6.07) is 10.4. The maximum absolute atomic E-state index is 5.67. The molecule has 0 spiro atoms. The molecule has 0 saturated carbocycles. The molecule has 3 heteroatoms. The van der Waals surface area contributed by atoms with E-state index in [-0.39, 0.29) is 5.44 Å². The quantitative estimate of drug-likeness (QED) is 0.535. The van der Waals surface area contributed by atoms with E-state index in [2.05, 4.69) is 31.2 Å². The second-order valence-electron chi connectivity index (χ2n) is 2.70. The summed E-state index contributed by atoms with van der Waals surface area (Å²) in [7, 11) is 3.64. The summed E-state index contributed by atoms with van der Waals surface area (Å²) in [5, 5.41) is 0. The Balaban J connectivity index is 2.58. The van der Waals surface area contributed by atoms with Crippen LogP contribution in [0.2, 0.25) is 0 Å². The average Bonchev–Trinajstić information content (AvgIpc) is 2.25. The lowest BCUT2D eigenvalue weighted by atomic mass is 10.2. The average molecular weight is 228 g/mol. The molecule has 1 unspecified atom stereocenters. The summed E-state index contributed by atoms with van der Waals surface area (Å²) in [6.45, 7) is 4.95. The fourth-order valence-electron chi connectivity index (χ4n) is 1.07. The Morgan fingerprint density at radius 3 is 2.50 bits per heavy atom. The van der Waals surface area contributed by atoms with Gasteiger partial charge in [-0.25, -0.2) is 0 Å². The second kappa shape index (κ2) is 7.21. The van der Waals surface area contributed by atoms with Crippen LogP contribution in [0.15, 0.2) is 30.3 Å². The molecule has 1 aromatic carbocycles. The van der Waals surface area contributed by atoms with Crippen molar-refractivity contribution < 1.29 is 4.74 Å². The molecule has 0 amide bonds. The number of benzene rings is 1. The summed E-state index contributed by atoms with van der Waals surface area (Å²) in [4.78, 5) is 0. The molecule has 1 aromatic rings. The molecular formula is C11H16OS2. The molecule has 0 aliphatic heterocycles. The Morgan fingerprint density at radius 2 is 1.93 bits per heavy atom. The highest BCUT2D eigenvalue weighted by Gasteiger charge is 2.10. The van der Waals surface area contributed by atoms with Crippen molar-refractivity contribution in [3.8, 4) is 0 Å². The van der Waals surface area contributed by atoms with Crippen molar-refractivity contribution in [2.24, 2.45) is 0 Å². The zero-order chi connectivity index (χ0) is 10.2. The van der Waals surface area contributed by atoms with E-state index in [0.29, 0.717) is 0 Å². The minimum absolute atomic E-state index is 0.172. The van der Waals surface area contributed by atoms with E-state index in [0.717, 1.165) is 12.4 Å². The maximum Gasteiger partial charge on any atom is 0.138 e. The molecule has 0 fully saturated rings. The minimum atomic E-state index is 0.172. The molecule has 1 nitrogen and oxygen atoms in total. The normalized spacial score (nSPS) is 12.7. The van der Waals surface area contributed by atoms with Crippen LogP contribution < -0.4 is 0 Å². The van der Waals surface area contributed by atoms with Gasteiger partial charge in [0.15, 0.2) is 0 Å². The highest BCUT2D eigenvalue weighted by molar-refractivity contribution is 8.76. The van der Waals surface area contributed by atoms with Crippen LogP contribution in [-0.2, 0) is 4.74 Å². The monoisotopic (exact) mass is 228 g/mol. The largest absolute Gasteiger partial charge is 0.362 e. The molecular weight excluding hydrogens is 212 g/mol. The molecule has 0 heterocycles. The SMILES string of the molecule is CCOC(SSCC)c1ccccc1. The van der Waals surface area contributed by atoms with E-state index in [4.69, 9.17) is 4.74 Å². The predicted molar refractivity (Wildman–Crippen MR) is 66.5 cm³/mol. The first-order valence-corrected chi connectivity index (χ1v) is 7.21. The van der Waals surface area contributed by atoms with Gasteiger partial charge in [-0.15, -0.1) is 0 Å². The van der Waals surface area contributed by atoms with Crippen molar-refractivity contribution in [3.63, 3.8) is 0 Å². The lowest BCUT2D eigenvalue weighted by molar-refractivity contribution is 0.127. The van der Waals surface area contributed by atoms with Gasteiger partial charge in [0.1, 0.15) is 5.44 Å². The summed E-state index contributed by atoms with van der Waals surface area (Å²) in [6.07, 6.45) is 0. The van der Waals surface area contributed by atoms with Crippen LogP contribution in [0.25, 0.3) is 0 Å². The topological polar surface area (TPSA) is 9.23 Å². The van der Waals surface area contributed by atoms with Crippen molar-refractivity contribution in [2.45, 2.75) is 19.3 Å². The lowest BCUT2D eigenvalue weighted by Crippen LogP contribution is -1.98. The lowest BCUT2D eigenvalue weighted by Gasteiger charge is -2.15. The first-order chi connectivity index (χ1) is 6.88. The third kappa shape index (κ3) is 3.95. The first-order valence-electron chi connectivity index (χ1n) is 4.83. The van der Waals surface area contributed by atoms with Crippen LogP contribution in [0.4, 0.5) is 0 Å². The molecule has 0 saturated heterocycles. The Bertz CT molecular complexity index is 238. The fourth-order valence-corrected chi connectivity index (χ4v) is 3.07. The van der Waals surface area contributed by atoms with E-state index in [1.807, 2.05) is 23.8 Å². The summed E-state index contributed by atoms with van der Waals surface area (Å²) in [5.74, 6) is 1.11. The molecule has 0 bridgehead atoms. The van der Waals surface area contributed by atoms with Crippen molar-refractivity contribution in [2.75, 3.05) is 12.4 Å². The van der Waals surface area contributed by atoms with Gasteiger partial charge < -0.3 is 4.74 Å². The Labute approximate surface area is 94.0 Å². The molecule has 0 aliphatic rings. The van der Waals surface area contributed by atoms with Crippen molar-refractivity contribution >= 4 is 21.6 Å². The van der Waals surface area contributed by atoms with Crippen LogP contribution in [0, 0.1) is 0 Å². The van der Waals surface area contributed by atoms with Gasteiger partial charge in [-0.1, -0.05) is 58.8 Å². The molecule has 1 rings (SSSR count). The molecule has 0 aromatic heterocycles. The highest BCUT2D eigenvalue weighted by Crippen LogP contribution is 2.38. The molecule has 78 valence electrons. The van der Waals surface area contributed by atoms with Crippen molar-refractivity contribution in [3.05, 3.63) is 35.9 Å². The van der Waals surface area contributed by atoms with Crippen molar-refractivity contribution in [1.82, 2.24) is 0 Å². The fraction of sp³-hybridized carbons (Fsp3) is 0.455. The van der Waals surface area contributed by atoms with Gasteiger partial charge in [0.2, 0.25) is 0 Å². The molecule has 0 N–H and O–H groups in total. The van der Waals surface area contributed by atoms with Gasteiger partial charge in [0, 0.05) is 12.4 Å². The highest BCUT2D eigenvalue weighted by atomic mass is 33.1. The van der Waals surface area contributed by atoms with Crippen LogP contribution in [0.5, 0.6) is 0 Å². The van der Waals surface area contributed by atoms with Crippen LogP contribution in [0.1, 0.15) is 24.8 Å². The Morgan fingerprint density at radius 1 is 1.21 bits per heavy atom. The van der Waals surface area contributed by atoms with Crippen LogP contribution in [-0.4, -0.2) is 12.4 Å². The summed E-state index contributed by atoms with van der Waals surface area (Å²) < 4.78 is 5.67. The van der Waals surface area contributed by atoms with Gasteiger partial charge in [-0.3, -0.25) is 0 Å². The van der Waals surface area contributed by atoms with E-state index < -0.39 is 0 Å². The van der Waals surface area contributed by atoms with Gasteiger partial charge >= 0.3 is 0 Å². The third-order valence-electron chi connectivity index (χ3n) is 1.66. The number of hydrogen-bond donors (Lipinski definition) is 0. The van der Waals surface area contributed by atoms with E-state index in [1.165, 1.54) is 5.56 Å². The molecule has 1 atom stereocenters. The molecule has 14 heavy (non-hydrogen) atoms. The third-order valence-corrected chi connectivity index (χ3v) is 4.26. The number of ether oxygens (including phenoxy) is 1. The number of rotatable bonds is 6. The molecule has 0 aliphatic carbocycles. The second-order valence-corrected chi connectivity index (χ2v) is 5.42. The predicted octanol–water partition coefficient (Wildman–Crippen LogP) is 4.12. The molecule has 0 radical (unpaired) electrons. The van der Waals surface area contributed by atoms with E-state index in [1.54, 1.807) is 10.8 Å². The van der Waals surface area contributed by atoms with Gasteiger partial charge in [-0.2, -0.15) is 0 Å². The van der Waals surface area contributed by atoms with Crippen LogP contribution >= 0.6 is 21.6 Å². The van der Waals surface area contributed by atoms with Crippen molar-refractivity contribution in [1.29, 1.82) is 0 Å². The minimum Gasteiger partial charge on any atom is -0.362 e. The van der Waals surface area contributed by atoms with Gasteiger partial charge in [-0.05, 0) is 12.5 Å². The maximum atomic E-state index is 5.67. The van der Waals surface area contributed by atoms with E-state index in [9.17, 15) is 0 Å². The van der Waals surface area contributed by atoms with Gasteiger partial charge in [0.25, 0.3) is 0 Å². The summed E-state index contributed by atoms with van der Waals surface area (Å²) >= 11 is 0. The smallest absolute Gasteiger partial charge is 0.138 e. The van der Waals surface area contributed by atoms with Crippen LogP contribution in [0.3, 0.4) is 0 Å². The van der Waals surface area contributed by atoms with Gasteiger partial charge in [0.05, 0.1) is 0 Å². The summed E-state index contributed by atoms with van der Waals surface area (Å²) in [5.41, 5.74) is 1.42. The zero-order valence-electron chi connectivity index (χ0n) is 8.60. The number of hydrogen-bond acceptors (Lipinski definition) is 3. The standard InChI is InChI=1S/C11H16OS2/c1-3-12-11(14-13-4-2)10-8-6-5-7-9-10/h5-9,11H,3-4H2,1-2H3. The zero-order valence-corrected chi connectivity index (χ0v) is 10.2. The van der Waals surface area contributed by atoms with E-state index >= 15 is 0 Å². The Kier molecular flexibility index (Phi) is 6.15. The Hall–Kier alpha value is -0.120.